The van der Waals surface area contributed by atoms with E-state index in [0.29, 0.717) is 31.2 Å². The molecule has 2 aromatic carbocycles. The van der Waals surface area contributed by atoms with E-state index in [1.54, 1.807) is 4.90 Å². The molecule has 1 aliphatic heterocycles. The Bertz CT molecular complexity index is 764. The van der Waals surface area contributed by atoms with Crippen LogP contribution in [0.5, 0.6) is 0 Å². The number of hydrogen-bond acceptors (Lipinski definition) is 2. The molecule has 0 bridgehead atoms. The Morgan fingerprint density at radius 3 is 2.56 bits per heavy atom. The molecule has 0 atom stereocenters. The van der Waals surface area contributed by atoms with Crippen LogP contribution in [0.1, 0.15) is 5.56 Å². The second kappa shape index (κ2) is 7.70. The van der Waals surface area contributed by atoms with Crippen LogP contribution in [-0.2, 0) is 6.54 Å². The molecule has 4 nitrogen and oxygen atoms in total. The first-order valence-corrected chi connectivity index (χ1v) is 8.38. The number of halogens is 3. The van der Waals surface area contributed by atoms with Gasteiger partial charge < -0.3 is 15.1 Å². The second-order valence-electron chi connectivity index (χ2n) is 5.85. The molecule has 1 N–H and O–H groups in total. The normalized spacial score (nSPS) is 14.5. The molecule has 0 saturated carbocycles. The maximum atomic E-state index is 13.6. The number of amides is 2. The Labute approximate surface area is 150 Å². The minimum Gasteiger partial charge on any atom is -0.368 e. The van der Waals surface area contributed by atoms with E-state index >= 15 is 0 Å². The molecule has 0 aliphatic carbocycles. The van der Waals surface area contributed by atoms with E-state index in [-0.39, 0.29) is 18.1 Å². The molecule has 2 amide bonds. The van der Waals surface area contributed by atoms with Gasteiger partial charge in [0.05, 0.1) is 0 Å². The van der Waals surface area contributed by atoms with Gasteiger partial charge in [-0.2, -0.15) is 0 Å². The van der Waals surface area contributed by atoms with Gasteiger partial charge in [-0.25, -0.2) is 13.6 Å². The molecule has 1 fully saturated rings. The second-order valence-corrected chi connectivity index (χ2v) is 6.28. The Morgan fingerprint density at radius 2 is 1.84 bits per heavy atom. The summed E-state index contributed by atoms with van der Waals surface area (Å²) in [5, 5.41) is 3.32. The predicted octanol–water partition coefficient (Wildman–Crippen LogP) is 3.65. The van der Waals surface area contributed by atoms with Crippen molar-refractivity contribution < 1.29 is 13.6 Å². The number of benzene rings is 2. The summed E-state index contributed by atoms with van der Waals surface area (Å²) in [5.41, 5.74) is 1.15. The number of urea groups is 1. The fraction of sp³-hybridized carbons (Fsp3) is 0.278. The first-order chi connectivity index (χ1) is 12.0. The first-order valence-electron chi connectivity index (χ1n) is 8.00. The van der Waals surface area contributed by atoms with Crippen LogP contribution in [0.2, 0.25) is 5.02 Å². The minimum absolute atomic E-state index is 0.0447. The molecule has 0 radical (unpaired) electrons. The summed E-state index contributed by atoms with van der Waals surface area (Å²) in [6, 6.07) is 10.5. The SMILES string of the molecule is O=C(NCc1cc(F)ccc1F)N1CCN(c2cccc(Cl)c2)CC1. The largest absolute Gasteiger partial charge is 0.368 e. The highest BCUT2D eigenvalue weighted by atomic mass is 35.5. The van der Waals surface area contributed by atoms with Crippen LogP contribution >= 0.6 is 11.6 Å². The summed E-state index contributed by atoms with van der Waals surface area (Å²) < 4.78 is 26.7. The molecular formula is C18H18ClF2N3O. The van der Waals surface area contributed by atoms with E-state index in [1.807, 2.05) is 24.3 Å². The van der Waals surface area contributed by atoms with E-state index in [2.05, 4.69) is 10.2 Å². The maximum absolute atomic E-state index is 13.6. The van der Waals surface area contributed by atoms with Crippen LogP contribution in [0.3, 0.4) is 0 Å². The van der Waals surface area contributed by atoms with Gasteiger partial charge in [-0.3, -0.25) is 0 Å². The van der Waals surface area contributed by atoms with Crippen molar-refractivity contribution in [2.45, 2.75) is 6.54 Å². The van der Waals surface area contributed by atoms with E-state index in [0.717, 1.165) is 23.9 Å². The summed E-state index contributed by atoms with van der Waals surface area (Å²) >= 11 is 6.01. The highest BCUT2D eigenvalue weighted by molar-refractivity contribution is 6.30. The number of piperazine rings is 1. The molecule has 1 saturated heterocycles. The molecule has 2 aromatic rings. The number of hydrogen-bond donors (Lipinski definition) is 1. The van der Waals surface area contributed by atoms with Crippen molar-refractivity contribution >= 4 is 23.3 Å². The maximum Gasteiger partial charge on any atom is 0.317 e. The zero-order valence-electron chi connectivity index (χ0n) is 13.5. The van der Waals surface area contributed by atoms with E-state index in [9.17, 15) is 13.6 Å². The van der Waals surface area contributed by atoms with Crippen molar-refractivity contribution in [2.75, 3.05) is 31.1 Å². The number of nitrogens with zero attached hydrogens (tertiary/aromatic N) is 2. The zero-order chi connectivity index (χ0) is 17.8. The number of nitrogens with one attached hydrogen (secondary N) is 1. The van der Waals surface area contributed by atoms with Gasteiger partial charge in [0, 0.05) is 49.0 Å². The summed E-state index contributed by atoms with van der Waals surface area (Å²) in [7, 11) is 0. The van der Waals surface area contributed by atoms with Gasteiger partial charge >= 0.3 is 6.03 Å². The fourth-order valence-electron chi connectivity index (χ4n) is 2.80. The Balaban J connectivity index is 1.52. The molecular weight excluding hydrogens is 348 g/mol. The predicted molar refractivity (Wildman–Crippen MR) is 93.8 cm³/mol. The number of carbonyl (C=O) groups excluding carboxylic acids is 1. The molecule has 7 heteroatoms. The van der Waals surface area contributed by atoms with Gasteiger partial charge in [0.25, 0.3) is 0 Å². The number of rotatable bonds is 3. The van der Waals surface area contributed by atoms with Crippen LogP contribution in [0.4, 0.5) is 19.3 Å². The topological polar surface area (TPSA) is 35.6 Å². The van der Waals surface area contributed by atoms with Crippen molar-refractivity contribution in [2.24, 2.45) is 0 Å². The summed E-state index contributed by atoms with van der Waals surface area (Å²) in [6.07, 6.45) is 0. The molecule has 1 heterocycles. The fourth-order valence-corrected chi connectivity index (χ4v) is 2.99. The van der Waals surface area contributed by atoms with Crippen LogP contribution in [0.25, 0.3) is 0 Å². The minimum atomic E-state index is -0.535. The molecule has 0 aromatic heterocycles. The number of carbonyl (C=O) groups is 1. The highest BCUT2D eigenvalue weighted by Crippen LogP contribution is 2.20. The van der Waals surface area contributed by atoms with E-state index < -0.39 is 11.6 Å². The molecule has 25 heavy (non-hydrogen) atoms. The van der Waals surface area contributed by atoms with Gasteiger partial charge in [0.15, 0.2) is 0 Å². The van der Waals surface area contributed by atoms with Crippen LogP contribution in [0, 0.1) is 11.6 Å². The molecule has 3 rings (SSSR count). The summed E-state index contributed by atoms with van der Waals surface area (Å²) in [6.45, 7) is 2.41. The van der Waals surface area contributed by atoms with Crippen molar-refractivity contribution in [1.29, 1.82) is 0 Å². The van der Waals surface area contributed by atoms with Gasteiger partial charge in [-0.1, -0.05) is 17.7 Å². The molecule has 1 aliphatic rings. The smallest absolute Gasteiger partial charge is 0.317 e. The van der Waals surface area contributed by atoms with Gasteiger partial charge in [-0.15, -0.1) is 0 Å². The average molecular weight is 366 g/mol. The quantitative estimate of drug-likeness (QED) is 0.901. The Kier molecular flexibility index (Phi) is 5.38. The Hall–Kier alpha value is -2.34. The van der Waals surface area contributed by atoms with Crippen LogP contribution in [-0.4, -0.2) is 37.1 Å². The van der Waals surface area contributed by atoms with Gasteiger partial charge in [0.2, 0.25) is 0 Å². The lowest BCUT2D eigenvalue weighted by molar-refractivity contribution is 0.194. The average Bonchev–Trinajstić information content (AvgIpc) is 2.62. The molecule has 132 valence electrons. The highest BCUT2D eigenvalue weighted by Gasteiger charge is 2.21. The van der Waals surface area contributed by atoms with Crippen molar-refractivity contribution in [1.82, 2.24) is 10.2 Å². The van der Waals surface area contributed by atoms with E-state index in [4.69, 9.17) is 11.6 Å². The third-order valence-electron chi connectivity index (χ3n) is 4.18. The monoisotopic (exact) mass is 365 g/mol. The van der Waals surface area contributed by atoms with Crippen molar-refractivity contribution in [3.63, 3.8) is 0 Å². The first kappa shape index (κ1) is 17.5. The number of anilines is 1. The lowest BCUT2D eigenvalue weighted by Gasteiger charge is -2.36. The van der Waals surface area contributed by atoms with Crippen molar-refractivity contribution in [3.8, 4) is 0 Å². The van der Waals surface area contributed by atoms with Crippen LogP contribution in [0.15, 0.2) is 42.5 Å². The van der Waals surface area contributed by atoms with Gasteiger partial charge in [0.1, 0.15) is 11.6 Å². The lowest BCUT2D eigenvalue weighted by atomic mass is 10.2. The third-order valence-corrected chi connectivity index (χ3v) is 4.41. The Morgan fingerprint density at radius 1 is 1.08 bits per heavy atom. The standard InChI is InChI=1S/C18H18ClF2N3O/c19-14-2-1-3-16(11-14)23-6-8-24(9-7-23)18(25)22-12-13-10-15(20)4-5-17(13)21/h1-5,10-11H,6-9,12H2,(H,22,25). The summed E-state index contributed by atoms with van der Waals surface area (Å²) in [4.78, 5) is 16.0. The third kappa shape index (κ3) is 4.39. The van der Waals surface area contributed by atoms with Crippen molar-refractivity contribution in [3.05, 3.63) is 64.7 Å². The van der Waals surface area contributed by atoms with Gasteiger partial charge in [-0.05, 0) is 36.4 Å². The van der Waals surface area contributed by atoms with E-state index in [1.165, 1.54) is 0 Å². The lowest BCUT2D eigenvalue weighted by Crippen LogP contribution is -2.51. The molecule has 0 spiro atoms. The molecule has 0 unspecified atom stereocenters. The van der Waals surface area contributed by atoms with Crippen LogP contribution < -0.4 is 10.2 Å². The zero-order valence-corrected chi connectivity index (χ0v) is 14.3. The summed E-state index contributed by atoms with van der Waals surface area (Å²) in [5.74, 6) is -1.06.